The first-order chi connectivity index (χ1) is 14.8. The number of nitrogens with one attached hydrogen (secondary N) is 2. The van der Waals surface area contributed by atoms with E-state index in [0.717, 1.165) is 36.2 Å². The van der Waals surface area contributed by atoms with E-state index in [-0.39, 0.29) is 6.04 Å². The Labute approximate surface area is 175 Å². The van der Waals surface area contributed by atoms with Gasteiger partial charge in [0, 0.05) is 37.8 Å². The Morgan fingerprint density at radius 2 is 1.97 bits per heavy atom. The van der Waals surface area contributed by atoms with Gasteiger partial charge in [0.2, 0.25) is 0 Å². The lowest BCUT2D eigenvalue weighted by atomic mass is 10.00. The van der Waals surface area contributed by atoms with Gasteiger partial charge in [0.15, 0.2) is 5.82 Å². The topological polar surface area (TPSA) is 95.4 Å². The molecule has 4 heterocycles. The number of ether oxygens (including phenoxy) is 1. The number of nitrogens with zero attached hydrogens (tertiary/aromatic N) is 4. The van der Waals surface area contributed by atoms with Crippen molar-refractivity contribution in [2.45, 2.75) is 25.1 Å². The second kappa shape index (κ2) is 8.51. The Hall–Kier alpha value is -2.81. The Balaban J connectivity index is 1.22. The fraction of sp³-hybridized carbons (Fsp3) is 0.409. The van der Waals surface area contributed by atoms with Gasteiger partial charge in [-0.25, -0.2) is 15.0 Å². The average molecular weight is 406 g/mol. The molecule has 2 aliphatic rings. The first-order valence-corrected chi connectivity index (χ1v) is 10.4. The molecule has 0 spiro atoms. The van der Waals surface area contributed by atoms with Crippen LogP contribution in [0, 0.1) is 0 Å². The molecule has 0 unspecified atom stereocenters. The lowest BCUT2D eigenvalue weighted by Crippen LogP contribution is -2.40. The highest BCUT2D eigenvalue weighted by Crippen LogP contribution is 2.25. The van der Waals surface area contributed by atoms with Crippen molar-refractivity contribution in [3.05, 3.63) is 54.0 Å². The number of rotatable bonds is 7. The van der Waals surface area contributed by atoms with Gasteiger partial charge >= 0.3 is 0 Å². The van der Waals surface area contributed by atoms with Gasteiger partial charge in [-0.3, -0.25) is 4.90 Å². The zero-order valence-corrected chi connectivity index (χ0v) is 16.8. The minimum absolute atomic E-state index is 0.282. The molecule has 5 rings (SSSR count). The third-order valence-electron chi connectivity index (χ3n) is 5.72. The van der Waals surface area contributed by atoms with E-state index in [1.807, 2.05) is 6.07 Å². The molecule has 0 amide bonds. The SMILES string of the molecule is O[C@@H](CNc1nccc2c(NC3COC3)ncnc12)CN1CCc2ccccc2C1. The number of aliphatic hydroxyl groups is 1. The minimum Gasteiger partial charge on any atom is -0.390 e. The van der Waals surface area contributed by atoms with Gasteiger partial charge in [-0.1, -0.05) is 24.3 Å². The third kappa shape index (κ3) is 4.07. The Morgan fingerprint density at radius 1 is 1.10 bits per heavy atom. The highest BCUT2D eigenvalue weighted by Gasteiger charge is 2.21. The maximum Gasteiger partial charge on any atom is 0.152 e. The lowest BCUT2D eigenvalue weighted by Gasteiger charge is -2.30. The lowest BCUT2D eigenvalue weighted by molar-refractivity contribution is 0.0210. The quantitative estimate of drug-likeness (QED) is 0.545. The second-order valence-electron chi connectivity index (χ2n) is 7.95. The summed E-state index contributed by atoms with van der Waals surface area (Å²) in [6, 6.07) is 10.7. The number of benzene rings is 1. The smallest absolute Gasteiger partial charge is 0.152 e. The number of hydrogen-bond acceptors (Lipinski definition) is 8. The average Bonchev–Trinajstić information content (AvgIpc) is 2.74. The third-order valence-corrected chi connectivity index (χ3v) is 5.72. The van der Waals surface area contributed by atoms with Gasteiger partial charge in [0.05, 0.1) is 25.4 Å². The first kappa shape index (κ1) is 19.2. The summed E-state index contributed by atoms with van der Waals surface area (Å²) >= 11 is 0. The first-order valence-electron chi connectivity index (χ1n) is 10.4. The monoisotopic (exact) mass is 406 g/mol. The van der Waals surface area contributed by atoms with Crippen LogP contribution in [0.1, 0.15) is 11.1 Å². The molecule has 0 aliphatic carbocycles. The minimum atomic E-state index is -0.501. The molecule has 1 aromatic carbocycles. The number of fused-ring (bicyclic) bond motifs is 2. The molecule has 1 saturated heterocycles. The molecule has 156 valence electrons. The summed E-state index contributed by atoms with van der Waals surface area (Å²) in [5.41, 5.74) is 3.52. The summed E-state index contributed by atoms with van der Waals surface area (Å²) < 4.78 is 5.23. The maximum atomic E-state index is 10.6. The van der Waals surface area contributed by atoms with Gasteiger partial charge in [-0.2, -0.15) is 0 Å². The fourth-order valence-corrected chi connectivity index (χ4v) is 4.03. The molecule has 1 fully saturated rings. The maximum absolute atomic E-state index is 10.6. The molecular formula is C22H26N6O2. The van der Waals surface area contributed by atoms with E-state index in [9.17, 15) is 5.11 Å². The predicted molar refractivity (Wildman–Crippen MR) is 115 cm³/mol. The summed E-state index contributed by atoms with van der Waals surface area (Å²) in [5, 5.41) is 18.2. The predicted octanol–water partition coefficient (Wildman–Crippen LogP) is 1.67. The molecule has 2 aromatic heterocycles. The molecule has 8 nitrogen and oxygen atoms in total. The van der Waals surface area contributed by atoms with Crippen LogP contribution in [-0.4, -0.2) is 70.0 Å². The summed E-state index contributed by atoms with van der Waals surface area (Å²) in [6.45, 7) is 4.26. The van der Waals surface area contributed by atoms with E-state index in [1.54, 1.807) is 12.5 Å². The van der Waals surface area contributed by atoms with E-state index in [0.29, 0.717) is 32.1 Å². The van der Waals surface area contributed by atoms with Crippen molar-refractivity contribution in [1.29, 1.82) is 0 Å². The van der Waals surface area contributed by atoms with E-state index >= 15 is 0 Å². The van der Waals surface area contributed by atoms with E-state index in [4.69, 9.17) is 4.74 Å². The van der Waals surface area contributed by atoms with Crippen molar-refractivity contribution >= 4 is 22.5 Å². The number of aliphatic hydroxyl groups excluding tert-OH is 1. The van der Waals surface area contributed by atoms with Crippen molar-refractivity contribution in [1.82, 2.24) is 19.9 Å². The van der Waals surface area contributed by atoms with Crippen LogP contribution in [0.3, 0.4) is 0 Å². The standard InChI is InChI=1S/C22H26N6O2/c29-18(11-28-8-6-15-3-1-2-4-16(15)10-28)9-24-22-20-19(5-7-23-22)21(26-14-25-20)27-17-12-30-13-17/h1-5,7,14,17-18,29H,6,8-13H2,(H,23,24)(H,25,26,27)/t18-/m0/s1. The van der Waals surface area contributed by atoms with Gasteiger partial charge in [0.25, 0.3) is 0 Å². The van der Waals surface area contributed by atoms with Gasteiger partial charge < -0.3 is 20.5 Å². The summed E-state index contributed by atoms with van der Waals surface area (Å²) in [4.78, 5) is 15.5. The van der Waals surface area contributed by atoms with Crippen LogP contribution < -0.4 is 10.6 Å². The summed E-state index contributed by atoms with van der Waals surface area (Å²) in [7, 11) is 0. The molecule has 0 bridgehead atoms. The number of pyridine rings is 1. The zero-order chi connectivity index (χ0) is 20.3. The molecule has 2 aliphatic heterocycles. The number of aromatic nitrogens is 3. The van der Waals surface area contributed by atoms with Gasteiger partial charge in [-0.15, -0.1) is 0 Å². The van der Waals surface area contributed by atoms with Crippen molar-refractivity contribution in [2.75, 3.05) is 43.5 Å². The van der Waals surface area contributed by atoms with Crippen LogP contribution in [-0.2, 0) is 17.7 Å². The Kier molecular flexibility index (Phi) is 5.44. The number of hydrogen-bond donors (Lipinski definition) is 3. The summed E-state index contributed by atoms with van der Waals surface area (Å²) in [5.74, 6) is 1.44. The van der Waals surface area contributed by atoms with Crippen LogP contribution in [0.15, 0.2) is 42.9 Å². The molecule has 0 saturated carbocycles. The molecule has 8 heteroatoms. The van der Waals surface area contributed by atoms with Crippen molar-refractivity contribution in [3.8, 4) is 0 Å². The number of anilines is 2. The Morgan fingerprint density at radius 3 is 2.80 bits per heavy atom. The summed E-state index contributed by atoms with van der Waals surface area (Å²) in [6.07, 6.45) is 3.81. The fourth-order valence-electron chi connectivity index (χ4n) is 4.03. The molecule has 3 aromatic rings. The van der Waals surface area contributed by atoms with E-state index < -0.39 is 6.10 Å². The van der Waals surface area contributed by atoms with Crippen LogP contribution in [0.2, 0.25) is 0 Å². The van der Waals surface area contributed by atoms with Crippen molar-refractivity contribution in [3.63, 3.8) is 0 Å². The number of β-amino-alcohol motifs (C(OH)–C–C–N with tert-alkyl or cyclic N) is 1. The molecule has 30 heavy (non-hydrogen) atoms. The van der Waals surface area contributed by atoms with Crippen LogP contribution >= 0.6 is 0 Å². The van der Waals surface area contributed by atoms with E-state index in [1.165, 1.54) is 11.1 Å². The molecule has 3 N–H and O–H groups in total. The van der Waals surface area contributed by atoms with Crippen LogP contribution in [0.4, 0.5) is 11.6 Å². The van der Waals surface area contributed by atoms with Gasteiger partial charge in [-0.05, 0) is 23.6 Å². The van der Waals surface area contributed by atoms with Crippen LogP contribution in [0.25, 0.3) is 10.9 Å². The van der Waals surface area contributed by atoms with Crippen LogP contribution in [0.5, 0.6) is 0 Å². The normalized spacial score (nSPS) is 17.9. The van der Waals surface area contributed by atoms with Crippen molar-refractivity contribution in [2.24, 2.45) is 0 Å². The molecular weight excluding hydrogens is 380 g/mol. The van der Waals surface area contributed by atoms with Gasteiger partial charge in [0.1, 0.15) is 17.7 Å². The zero-order valence-electron chi connectivity index (χ0n) is 16.8. The highest BCUT2D eigenvalue weighted by molar-refractivity contribution is 5.95. The Bertz CT molecular complexity index is 1030. The van der Waals surface area contributed by atoms with Crippen molar-refractivity contribution < 1.29 is 9.84 Å². The van der Waals surface area contributed by atoms with E-state index in [2.05, 4.69) is 54.8 Å². The molecule has 0 radical (unpaired) electrons. The second-order valence-corrected chi connectivity index (χ2v) is 7.95. The highest BCUT2D eigenvalue weighted by atomic mass is 16.5. The molecule has 1 atom stereocenters. The largest absolute Gasteiger partial charge is 0.390 e.